The first-order valence-corrected chi connectivity index (χ1v) is 9.00. The third kappa shape index (κ3) is 4.76. The van der Waals surface area contributed by atoms with E-state index in [0.717, 1.165) is 17.7 Å². The number of amides is 2. The molecule has 0 spiro atoms. The van der Waals surface area contributed by atoms with Crippen molar-refractivity contribution in [1.29, 1.82) is 0 Å². The van der Waals surface area contributed by atoms with E-state index in [1.54, 1.807) is 24.3 Å². The van der Waals surface area contributed by atoms with Crippen LogP contribution in [0, 0.1) is 5.92 Å². The molecule has 2 unspecified atom stereocenters. The Balaban J connectivity index is 1.44. The molecule has 0 saturated heterocycles. The number of carbonyl (C=O) groups is 2. The van der Waals surface area contributed by atoms with E-state index in [1.807, 2.05) is 31.2 Å². The van der Waals surface area contributed by atoms with Crippen molar-refractivity contribution in [2.45, 2.75) is 19.3 Å². The number of benzene rings is 2. The van der Waals surface area contributed by atoms with E-state index < -0.39 is 0 Å². The summed E-state index contributed by atoms with van der Waals surface area (Å²) < 4.78 is 5.35. The number of ether oxygens (including phenoxy) is 1. The van der Waals surface area contributed by atoms with Gasteiger partial charge in [-0.25, -0.2) is 0 Å². The average Bonchev–Trinajstić information content (AvgIpc) is 3.42. The molecule has 2 N–H and O–H groups in total. The number of hydrogen-bond acceptors (Lipinski definition) is 3. The summed E-state index contributed by atoms with van der Waals surface area (Å²) in [6, 6.07) is 14.7. The van der Waals surface area contributed by atoms with Crippen LogP contribution >= 0.6 is 11.6 Å². The third-order valence-corrected chi connectivity index (χ3v) is 4.51. The van der Waals surface area contributed by atoms with E-state index in [-0.39, 0.29) is 30.2 Å². The van der Waals surface area contributed by atoms with Crippen LogP contribution in [0.25, 0.3) is 0 Å². The summed E-state index contributed by atoms with van der Waals surface area (Å²) in [7, 11) is 0. The summed E-state index contributed by atoms with van der Waals surface area (Å²) in [4.78, 5) is 24.2. The first-order valence-electron chi connectivity index (χ1n) is 8.62. The molecular weight excluding hydrogens is 352 g/mol. The molecule has 2 aromatic rings. The van der Waals surface area contributed by atoms with E-state index in [1.165, 1.54) is 0 Å². The van der Waals surface area contributed by atoms with Gasteiger partial charge >= 0.3 is 0 Å². The first kappa shape index (κ1) is 18.3. The summed E-state index contributed by atoms with van der Waals surface area (Å²) >= 11 is 5.99. The molecule has 0 bridgehead atoms. The maximum absolute atomic E-state index is 12.2. The van der Waals surface area contributed by atoms with E-state index in [4.69, 9.17) is 16.3 Å². The average molecular weight is 373 g/mol. The first-order chi connectivity index (χ1) is 12.6. The molecule has 2 amide bonds. The largest absolute Gasteiger partial charge is 0.494 e. The van der Waals surface area contributed by atoms with Crippen LogP contribution in [-0.2, 0) is 9.59 Å². The van der Waals surface area contributed by atoms with Crippen LogP contribution in [0.4, 0.5) is 5.69 Å². The third-order valence-electron chi connectivity index (χ3n) is 4.28. The molecule has 2 aromatic carbocycles. The van der Waals surface area contributed by atoms with Gasteiger partial charge in [0, 0.05) is 16.6 Å². The second kappa shape index (κ2) is 8.23. The van der Waals surface area contributed by atoms with Gasteiger partial charge in [0.15, 0.2) is 0 Å². The molecule has 1 aliphatic rings. The van der Waals surface area contributed by atoms with Gasteiger partial charge in [-0.15, -0.1) is 0 Å². The zero-order valence-electron chi connectivity index (χ0n) is 14.5. The van der Waals surface area contributed by atoms with Crippen LogP contribution in [-0.4, -0.2) is 25.0 Å². The lowest BCUT2D eigenvalue weighted by atomic mass is 10.1. The minimum atomic E-state index is -0.262. The van der Waals surface area contributed by atoms with Crippen molar-refractivity contribution in [2.75, 3.05) is 18.5 Å². The van der Waals surface area contributed by atoms with Crippen LogP contribution in [0.15, 0.2) is 48.5 Å². The predicted molar refractivity (Wildman–Crippen MR) is 102 cm³/mol. The van der Waals surface area contributed by atoms with Crippen molar-refractivity contribution in [3.05, 3.63) is 59.1 Å². The Morgan fingerprint density at radius 3 is 2.65 bits per heavy atom. The molecule has 1 fully saturated rings. The number of rotatable bonds is 7. The standard InChI is InChI=1S/C20H21ClN2O3/c1-2-26-16-8-6-15(7-9-16)23-19(24)12-22-20(25)18-11-17(18)13-4-3-5-14(21)10-13/h3-10,17-18H,2,11-12H2,1H3,(H,22,25)(H,23,24). The van der Waals surface area contributed by atoms with Crippen molar-refractivity contribution in [1.82, 2.24) is 5.32 Å². The Morgan fingerprint density at radius 2 is 1.96 bits per heavy atom. The highest BCUT2D eigenvalue weighted by Crippen LogP contribution is 2.47. The monoisotopic (exact) mass is 372 g/mol. The number of carbonyl (C=O) groups excluding carboxylic acids is 2. The SMILES string of the molecule is CCOc1ccc(NC(=O)CNC(=O)C2CC2c2cccc(Cl)c2)cc1. The molecule has 1 saturated carbocycles. The zero-order chi connectivity index (χ0) is 18.5. The Bertz CT molecular complexity index is 792. The molecule has 6 heteroatoms. The minimum absolute atomic E-state index is 0.0508. The van der Waals surface area contributed by atoms with Gasteiger partial charge in [-0.05, 0) is 61.2 Å². The van der Waals surface area contributed by atoms with Crippen LogP contribution in [0.1, 0.15) is 24.8 Å². The maximum Gasteiger partial charge on any atom is 0.243 e. The van der Waals surface area contributed by atoms with Gasteiger partial charge in [0.2, 0.25) is 11.8 Å². The van der Waals surface area contributed by atoms with Crippen molar-refractivity contribution in [2.24, 2.45) is 5.92 Å². The molecule has 2 atom stereocenters. The van der Waals surface area contributed by atoms with Crippen LogP contribution < -0.4 is 15.4 Å². The normalized spacial score (nSPS) is 18.1. The summed E-state index contributed by atoms with van der Waals surface area (Å²) in [5.41, 5.74) is 1.73. The topological polar surface area (TPSA) is 67.4 Å². The Kier molecular flexibility index (Phi) is 5.78. The smallest absolute Gasteiger partial charge is 0.243 e. The van der Waals surface area contributed by atoms with Gasteiger partial charge in [0.25, 0.3) is 0 Å². The van der Waals surface area contributed by atoms with Crippen LogP contribution in [0.5, 0.6) is 5.75 Å². The Morgan fingerprint density at radius 1 is 1.19 bits per heavy atom. The second-order valence-electron chi connectivity index (χ2n) is 6.23. The summed E-state index contributed by atoms with van der Waals surface area (Å²) in [5.74, 6) is 0.480. The molecular formula is C20H21ClN2O3. The van der Waals surface area contributed by atoms with Crippen LogP contribution in [0.3, 0.4) is 0 Å². The van der Waals surface area contributed by atoms with E-state index in [9.17, 15) is 9.59 Å². The fraction of sp³-hybridized carbons (Fsp3) is 0.300. The number of nitrogens with one attached hydrogen (secondary N) is 2. The zero-order valence-corrected chi connectivity index (χ0v) is 15.3. The lowest BCUT2D eigenvalue weighted by molar-refractivity contribution is -0.125. The molecule has 5 nitrogen and oxygen atoms in total. The second-order valence-corrected chi connectivity index (χ2v) is 6.66. The van der Waals surface area contributed by atoms with Crippen molar-refractivity contribution < 1.29 is 14.3 Å². The molecule has 136 valence electrons. The maximum atomic E-state index is 12.2. The van der Waals surface area contributed by atoms with Crippen molar-refractivity contribution in [3.8, 4) is 5.75 Å². The van der Waals surface area contributed by atoms with Gasteiger partial charge < -0.3 is 15.4 Å². The number of hydrogen-bond donors (Lipinski definition) is 2. The highest BCUT2D eigenvalue weighted by molar-refractivity contribution is 6.30. The lowest BCUT2D eigenvalue weighted by Crippen LogP contribution is -2.34. The van der Waals surface area contributed by atoms with Gasteiger partial charge in [0.05, 0.1) is 13.2 Å². The molecule has 1 aliphatic carbocycles. The highest BCUT2D eigenvalue weighted by atomic mass is 35.5. The molecule has 0 radical (unpaired) electrons. The Hall–Kier alpha value is -2.53. The molecule has 0 aliphatic heterocycles. The van der Waals surface area contributed by atoms with Crippen molar-refractivity contribution >= 4 is 29.1 Å². The molecule has 26 heavy (non-hydrogen) atoms. The highest BCUT2D eigenvalue weighted by Gasteiger charge is 2.43. The van der Waals surface area contributed by atoms with E-state index >= 15 is 0 Å². The Labute approximate surface area is 157 Å². The summed E-state index contributed by atoms with van der Waals surface area (Å²) in [6.07, 6.45) is 0.784. The summed E-state index contributed by atoms with van der Waals surface area (Å²) in [5, 5.41) is 6.12. The van der Waals surface area contributed by atoms with Crippen LogP contribution in [0.2, 0.25) is 5.02 Å². The van der Waals surface area contributed by atoms with Gasteiger partial charge in [0.1, 0.15) is 5.75 Å². The summed E-state index contributed by atoms with van der Waals surface area (Å²) in [6.45, 7) is 2.45. The molecule has 0 heterocycles. The van der Waals surface area contributed by atoms with Crippen molar-refractivity contribution in [3.63, 3.8) is 0 Å². The number of anilines is 1. The minimum Gasteiger partial charge on any atom is -0.494 e. The predicted octanol–water partition coefficient (Wildman–Crippen LogP) is 3.60. The molecule has 3 rings (SSSR count). The van der Waals surface area contributed by atoms with Gasteiger partial charge in [-0.2, -0.15) is 0 Å². The van der Waals surface area contributed by atoms with E-state index in [0.29, 0.717) is 17.3 Å². The fourth-order valence-corrected chi connectivity index (χ4v) is 3.09. The van der Waals surface area contributed by atoms with E-state index in [2.05, 4.69) is 10.6 Å². The quantitative estimate of drug-likeness (QED) is 0.780. The lowest BCUT2D eigenvalue weighted by Gasteiger charge is -2.08. The number of halogens is 1. The molecule has 0 aromatic heterocycles. The van der Waals surface area contributed by atoms with Gasteiger partial charge in [-0.1, -0.05) is 23.7 Å². The fourth-order valence-electron chi connectivity index (χ4n) is 2.90. The van der Waals surface area contributed by atoms with Gasteiger partial charge in [-0.3, -0.25) is 9.59 Å².